The number of β-amino-alcohol motifs (C(OH)–C–C–N with tert-alkyl or cyclic N) is 1. The minimum atomic E-state index is -0.449. The number of ether oxygens (including phenoxy) is 3. The number of nitrogens with zero attached hydrogens (tertiary/aromatic N) is 2. The summed E-state index contributed by atoms with van der Waals surface area (Å²) in [6.45, 7) is 9.42. The number of methoxy groups -OCH3 is 1. The maximum atomic E-state index is 10.1. The van der Waals surface area contributed by atoms with E-state index in [2.05, 4.69) is 16.7 Å². The summed E-state index contributed by atoms with van der Waals surface area (Å²) < 4.78 is 16.3. The molecule has 1 aliphatic rings. The third kappa shape index (κ3) is 6.65. The van der Waals surface area contributed by atoms with Gasteiger partial charge in [-0.1, -0.05) is 13.0 Å². The Morgan fingerprint density at radius 2 is 1.79 bits per heavy atom. The first-order valence-electron chi connectivity index (χ1n) is 8.68. The molecule has 0 radical (unpaired) electrons. The molecule has 1 unspecified atom stereocenters. The fourth-order valence-corrected chi connectivity index (χ4v) is 2.77. The van der Waals surface area contributed by atoms with Gasteiger partial charge in [0, 0.05) is 38.8 Å². The Balaban J connectivity index is 1.54. The number of rotatable bonds is 10. The van der Waals surface area contributed by atoms with Gasteiger partial charge in [-0.25, -0.2) is 0 Å². The van der Waals surface area contributed by atoms with Crippen LogP contribution < -0.4 is 9.47 Å². The third-order valence-corrected chi connectivity index (χ3v) is 4.23. The van der Waals surface area contributed by atoms with Gasteiger partial charge in [0.15, 0.2) is 0 Å². The standard InChI is InChI=1S/C18H30N2O4/c1-3-19-7-9-20(10-8-19)14-16(21)15-23-11-12-24-18-6-4-5-17(13-18)22-2/h4-6,13,16,21H,3,7-12,14-15H2,1-2H3. The predicted octanol–water partition coefficient (Wildman–Crippen LogP) is 1.09. The van der Waals surface area contributed by atoms with Gasteiger partial charge in [-0.05, 0) is 18.7 Å². The summed E-state index contributed by atoms with van der Waals surface area (Å²) in [5.41, 5.74) is 0. The molecule has 1 N–H and O–H groups in total. The van der Waals surface area contributed by atoms with Gasteiger partial charge in [0.25, 0.3) is 0 Å². The Kier molecular flexibility index (Phi) is 8.32. The highest BCUT2D eigenvalue weighted by Crippen LogP contribution is 2.18. The van der Waals surface area contributed by atoms with Crippen molar-refractivity contribution in [2.24, 2.45) is 0 Å². The molecule has 0 aliphatic carbocycles. The molecular formula is C18H30N2O4. The molecule has 0 amide bonds. The van der Waals surface area contributed by atoms with Gasteiger partial charge in [0.2, 0.25) is 0 Å². The summed E-state index contributed by atoms with van der Waals surface area (Å²) in [7, 11) is 1.63. The molecule has 0 saturated carbocycles. The second-order valence-corrected chi connectivity index (χ2v) is 5.99. The minimum absolute atomic E-state index is 0.343. The highest BCUT2D eigenvalue weighted by molar-refractivity contribution is 5.32. The van der Waals surface area contributed by atoms with E-state index in [-0.39, 0.29) is 0 Å². The zero-order valence-electron chi connectivity index (χ0n) is 14.8. The molecule has 0 aromatic heterocycles. The molecule has 24 heavy (non-hydrogen) atoms. The Morgan fingerprint density at radius 1 is 1.08 bits per heavy atom. The molecule has 6 nitrogen and oxygen atoms in total. The second kappa shape index (κ2) is 10.5. The lowest BCUT2D eigenvalue weighted by molar-refractivity contribution is 0.000381. The van der Waals surface area contributed by atoms with Crippen LogP contribution in [-0.2, 0) is 4.74 Å². The van der Waals surface area contributed by atoms with Crippen molar-refractivity contribution < 1.29 is 19.3 Å². The normalized spacial score (nSPS) is 17.6. The molecule has 6 heteroatoms. The Bertz CT molecular complexity index is 464. The van der Waals surface area contributed by atoms with Crippen molar-refractivity contribution in [2.75, 3.05) is 66.2 Å². The number of piperazine rings is 1. The maximum absolute atomic E-state index is 10.1. The van der Waals surface area contributed by atoms with E-state index >= 15 is 0 Å². The first-order valence-corrected chi connectivity index (χ1v) is 8.68. The van der Waals surface area contributed by atoms with Crippen molar-refractivity contribution in [3.63, 3.8) is 0 Å². The van der Waals surface area contributed by atoms with E-state index < -0.39 is 6.10 Å². The average molecular weight is 338 g/mol. The monoisotopic (exact) mass is 338 g/mol. The summed E-state index contributed by atoms with van der Waals surface area (Å²) in [6.07, 6.45) is -0.449. The zero-order chi connectivity index (χ0) is 17.2. The highest BCUT2D eigenvalue weighted by Gasteiger charge is 2.18. The van der Waals surface area contributed by atoms with Crippen LogP contribution >= 0.6 is 0 Å². The van der Waals surface area contributed by atoms with Crippen molar-refractivity contribution in [3.05, 3.63) is 24.3 Å². The highest BCUT2D eigenvalue weighted by atomic mass is 16.5. The molecule has 1 fully saturated rings. The van der Waals surface area contributed by atoms with Gasteiger partial charge in [0.05, 0.1) is 26.4 Å². The number of likely N-dealkylation sites (N-methyl/N-ethyl adjacent to an activating group) is 1. The van der Waals surface area contributed by atoms with Crippen LogP contribution in [0.4, 0.5) is 0 Å². The summed E-state index contributed by atoms with van der Waals surface area (Å²) in [5.74, 6) is 1.53. The molecule has 2 rings (SSSR count). The Morgan fingerprint density at radius 3 is 2.50 bits per heavy atom. The molecular weight excluding hydrogens is 308 g/mol. The lowest BCUT2D eigenvalue weighted by Gasteiger charge is -2.34. The van der Waals surface area contributed by atoms with Crippen molar-refractivity contribution in [2.45, 2.75) is 13.0 Å². The van der Waals surface area contributed by atoms with E-state index in [4.69, 9.17) is 14.2 Å². The summed E-state index contributed by atoms with van der Waals surface area (Å²) >= 11 is 0. The largest absolute Gasteiger partial charge is 0.497 e. The van der Waals surface area contributed by atoms with Crippen LogP contribution in [0.15, 0.2) is 24.3 Å². The fraction of sp³-hybridized carbons (Fsp3) is 0.667. The van der Waals surface area contributed by atoms with Gasteiger partial charge >= 0.3 is 0 Å². The average Bonchev–Trinajstić information content (AvgIpc) is 2.62. The zero-order valence-corrected chi connectivity index (χ0v) is 14.8. The van der Waals surface area contributed by atoms with Gasteiger partial charge in [0.1, 0.15) is 18.1 Å². The second-order valence-electron chi connectivity index (χ2n) is 5.99. The SMILES string of the molecule is CCN1CCN(CC(O)COCCOc2cccc(OC)c2)CC1. The predicted molar refractivity (Wildman–Crippen MR) is 93.9 cm³/mol. The summed E-state index contributed by atoms with van der Waals surface area (Å²) in [5, 5.41) is 10.1. The number of hydrogen-bond acceptors (Lipinski definition) is 6. The van der Waals surface area contributed by atoms with Crippen LogP contribution in [0.1, 0.15) is 6.92 Å². The molecule has 1 aromatic carbocycles. The summed E-state index contributed by atoms with van der Waals surface area (Å²) in [6, 6.07) is 7.48. The number of aliphatic hydroxyl groups is 1. The van der Waals surface area contributed by atoms with Gasteiger partial charge < -0.3 is 24.2 Å². The van der Waals surface area contributed by atoms with Crippen molar-refractivity contribution in [1.82, 2.24) is 9.80 Å². The van der Waals surface area contributed by atoms with E-state index in [0.29, 0.717) is 26.4 Å². The fourth-order valence-electron chi connectivity index (χ4n) is 2.77. The number of hydrogen-bond donors (Lipinski definition) is 1. The third-order valence-electron chi connectivity index (χ3n) is 4.23. The molecule has 1 aliphatic heterocycles. The van der Waals surface area contributed by atoms with E-state index in [1.807, 2.05) is 24.3 Å². The number of benzene rings is 1. The molecule has 1 saturated heterocycles. The first kappa shape index (κ1) is 19.0. The van der Waals surface area contributed by atoms with Crippen LogP contribution in [0.2, 0.25) is 0 Å². The van der Waals surface area contributed by atoms with Gasteiger partial charge in [-0.15, -0.1) is 0 Å². The Labute approximate surface area is 144 Å². The molecule has 1 atom stereocenters. The Hall–Kier alpha value is -1.34. The van der Waals surface area contributed by atoms with Crippen LogP contribution in [0.25, 0.3) is 0 Å². The molecule has 1 aromatic rings. The number of aliphatic hydroxyl groups excluding tert-OH is 1. The molecule has 0 spiro atoms. The van der Waals surface area contributed by atoms with Gasteiger partial charge in [-0.2, -0.15) is 0 Å². The van der Waals surface area contributed by atoms with Crippen LogP contribution in [0.5, 0.6) is 11.5 Å². The first-order chi connectivity index (χ1) is 11.7. The van der Waals surface area contributed by atoms with Gasteiger partial charge in [-0.3, -0.25) is 4.90 Å². The lowest BCUT2D eigenvalue weighted by atomic mass is 10.2. The van der Waals surface area contributed by atoms with Crippen molar-refractivity contribution in [3.8, 4) is 11.5 Å². The smallest absolute Gasteiger partial charge is 0.123 e. The molecule has 136 valence electrons. The van der Waals surface area contributed by atoms with E-state index in [1.165, 1.54) is 0 Å². The maximum Gasteiger partial charge on any atom is 0.123 e. The minimum Gasteiger partial charge on any atom is -0.497 e. The van der Waals surface area contributed by atoms with E-state index in [0.717, 1.165) is 44.2 Å². The van der Waals surface area contributed by atoms with Crippen molar-refractivity contribution >= 4 is 0 Å². The molecule has 1 heterocycles. The summed E-state index contributed by atoms with van der Waals surface area (Å²) in [4.78, 5) is 4.72. The molecule has 0 bridgehead atoms. The topological polar surface area (TPSA) is 54.4 Å². The van der Waals surface area contributed by atoms with Crippen LogP contribution in [0, 0.1) is 0 Å². The van der Waals surface area contributed by atoms with Crippen molar-refractivity contribution in [1.29, 1.82) is 0 Å². The van der Waals surface area contributed by atoms with E-state index in [1.54, 1.807) is 7.11 Å². The van der Waals surface area contributed by atoms with Crippen LogP contribution in [-0.4, -0.2) is 87.2 Å². The van der Waals surface area contributed by atoms with E-state index in [9.17, 15) is 5.11 Å². The lowest BCUT2D eigenvalue weighted by Crippen LogP contribution is -2.48. The quantitative estimate of drug-likeness (QED) is 0.645. The van der Waals surface area contributed by atoms with Crippen LogP contribution in [0.3, 0.4) is 0 Å².